The van der Waals surface area contributed by atoms with E-state index in [9.17, 15) is 9.59 Å². The van der Waals surface area contributed by atoms with Crippen LogP contribution < -0.4 is 0 Å². The molecule has 0 spiro atoms. The van der Waals surface area contributed by atoms with Crippen LogP contribution in [0.25, 0.3) is 0 Å². The van der Waals surface area contributed by atoms with E-state index in [1.165, 1.54) is 32.1 Å². The van der Waals surface area contributed by atoms with Gasteiger partial charge in [0.2, 0.25) is 0 Å². The van der Waals surface area contributed by atoms with E-state index in [-0.39, 0.29) is 12.2 Å². The second-order valence-corrected chi connectivity index (χ2v) is 5.03. The maximum atomic E-state index is 11.5. The molecule has 19 heavy (non-hydrogen) atoms. The van der Waals surface area contributed by atoms with E-state index in [2.05, 4.69) is 6.92 Å². The van der Waals surface area contributed by atoms with Gasteiger partial charge in [0.25, 0.3) is 0 Å². The Balaban J connectivity index is 3.35. The highest BCUT2D eigenvalue weighted by Crippen LogP contribution is 2.07. The SMILES string of the molecule is CCCCCCCC=CC(=O)CCCCCC(=O)O. The van der Waals surface area contributed by atoms with Gasteiger partial charge in [-0.1, -0.05) is 45.1 Å². The summed E-state index contributed by atoms with van der Waals surface area (Å²) < 4.78 is 0. The molecule has 0 aliphatic carbocycles. The van der Waals surface area contributed by atoms with Crippen LogP contribution in [0, 0.1) is 0 Å². The highest BCUT2D eigenvalue weighted by atomic mass is 16.4. The zero-order valence-corrected chi connectivity index (χ0v) is 12.2. The van der Waals surface area contributed by atoms with Crippen LogP contribution in [0.5, 0.6) is 0 Å². The van der Waals surface area contributed by atoms with Crippen LogP contribution in [0.2, 0.25) is 0 Å². The number of hydrogen-bond acceptors (Lipinski definition) is 2. The molecule has 1 N–H and O–H groups in total. The number of rotatable bonds is 13. The van der Waals surface area contributed by atoms with E-state index in [0.717, 1.165) is 19.3 Å². The van der Waals surface area contributed by atoms with Gasteiger partial charge < -0.3 is 5.11 Å². The zero-order chi connectivity index (χ0) is 14.3. The predicted octanol–water partition coefficient (Wildman–Crippen LogP) is 4.51. The number of carbonyl (C=O) groups excluding carboxylic acids is 1. The summed E-state index contributed by atoms with van der Waals surface area (Å²) in [6, 6.07) is 0. The molecule has 3 nitrogen and oxygen atoms in total. The molecule has 0 bridgehead atoms. The molecule has 0 aromatic rings. The number of aliphatic carboxylic acids is 1. The van der Waals surface area contributed by atoms with Crippen molar-refractivity contribution in [2.24, 2.45) is 0 Å². The molecular formula is C16H28O3. The molecule has 0 aliphatic rings. The van der Waals surface area contributed by atoms with E-state index >= 15 is 0 Å². The molecule has 0 aromatic carbocycles. The van der Waals surface area contributed by atoms with Crippen LogP contribution in [-0.2, 0) is 9.59 Å². The van der Waals surface area contributed by atoms with E-state index in [4.69, 9.17) is 5.11 Å². The molecule has 110 valence electrons. The summed E-state index contributed by atoms with van der Waals surface area (Å²) in [5, 5.41) is 8.46. The molecule has 0 aliphatic heterocycles. The average molecular weight is 268 g/mol. The number of hydrogen-bond donors (Lipinski definition) is 1. The number of allylic oxidation sites excluding steroid dienone is 2. The molecule has 0 heterocycles. The highest BCUT2D eigenvalue weighted by molar-refractivity contribution is 5.89. The normalized spacial score (nSPS) is 11.0. The fourth-order valence-electron chi connectivity index (χ4n) is 1.92. The first-order chi connectivity index (χ1) is 9.16. The second kappa shape index (κ2) is 13.3. The summed E-state index contributed by atoms with van der Waals surface area (Å²) in [5.41, 5.74) is 0. The quantitative estimate of drug-likeness (QED) is 0.395. The predicted molar refractivity (Wildman–Crippen MR) is 78.2 cm³/mol. The lowest BCUT2D eigenvalue weighted by molar-refractivity contribution is -0.137. The Morgan fingerprint density at radius 3 is 2.21 bits per heavy atom. The Kier molecular flexibility index (Phi) is 12.5. The molecule has 0 fully saturated rings. The van der Waals surface area contributed by atoms with E-state index in [1.54, 1.807) is 6.08 Å². The van der Waals surface area contributed by atoms with Gasteiger partial charge in [0.15, 0.2) is 5.78 Å². The minimum Gasteiger partial charge on any atom is -0.481 e. The summed E-state index contributed by atoms with van der Waals surface area (Å²) in [4.78, 5) is 21.8. The van der Waals surface area contributed by atoms with Gasteiger partial charge in [-0.3, -0.25) is 9.59 Å². The van der Waals surface area contributed by atoms with Gasteiger partial charge in [-0.15, -0.1) is 0 Å². The first kappa shape index (κ1) is 17.9. The Hall–Kier alpha value is -1.12. The molecule has 0 rings (SSSR count). The lowest BCUT2D eigenvalue weighted by Crippen LogP contribution is -1.95. The van der Waals surface area contributed by atoms with Crippen molar-refractivity contribution in [3.05, 3.63) is 12.2 Å². The Labute approximate surface area is 117 Å². The van der Waals surface area contributed by atoms with E-state index < -0.39 is 5.97 Å². The largest absolute Gasteiger partial charge is 0.481 e. The Bertz CT molecular complexity index is 269. The van der Waals surface area contributed by atoms with Gasteiger partial charge in [0.1, 0.15) is 0 Å². The van der Waals surface area contributed by atoms with Crippen LogP contribution in [0.3, 0.4) is 0 Å². The summed E-state index contributed by atoms with van der Waals surface area (Å²) in [7, 11) is 0. The third kappa shape index (κ3) is 14.8. The van der Waals surface area contributed by atoms with Gasteiger partial charge in [0.05, 0.1) is 0 Å². The molecular weight excluding hydrogens is 240 g/mol. The van der Waals surface area contributed by atoms with Crippen molar-refractivity contribution in [1.29, 1.82) is 0 Å². The van der Waals surface area contributed by atoms with Crippen molar-refractivity contribution in [3.63, 3.8) is 0 Å². The topological polar surface area (TPSA) is 54.4 Å². The number of ketones is 1. The Morgan fingerprint density at radius 2 is 1.53 bits per heavy atom. The van der Waals surface area contributed by atoms with Gasteiger partial charge in [-0.25, -0.2) is 0 Å². The fraction of sp³-hybridized carbons (Fsp3) is 0.750. The van der Waals surface area contributed by atoms with Crippen LogP contribution in [0.4, 0.5) is 0 Å². The molecule has 0 saturated carbocycles. The smallest absolute Gasteiger partial charge is 0.303 e. The van der Waals surface area contributed by atoms with Crippen molar-refractivity contribution in [3.8, 4) is 0 Å². The summed E-state index contributed by atoms with van der Waals surface area (Å²) in [6.07, 6.45) is 14.0. The van der Waals surface area contributed by atoms with Gasteiger partial charge in [-0.2, -0.15) is 0 Å². The summed E-state index contributed by atoms with van der Waals surface area (Å²) in [5.74, 6) is -0.585. The zero-order valence-electron chi connectivity index (χ0n) is 12.2. The second-order valence-electron chi connectivity index (χ2n) is 5.03. The number of unbranched alkanes of at least 4 members (excludes halogenated alkanes) is 7. The number of carboxylic acid groups (broad SMARTS) is 1. The number of carbonyl (C=O) groups is 2. The van der Waals surface area contributed by atoms with Crippen molar-refractivity contribution < 1.29 is 14.7 Å². The van der Waals surface area contributed by atoms with Crippen LogP contribution in [-0.4, -0.2) is 16.9 Å². The molecule has 0 unspecified atom stereocenters. The molecule has 0 radical (unpaired) electrons. The summed E-state index contributed by atoms with van der Waals surface area (Å²) in [6.45, 7) is 2.20. The monoisotopic (exact) mass is 268 g/mol. The van der Waals surface area contributed by atoms with Crippen LogP contribution >= 0.6 is 0 Å². The molecule has 3 heteroatoms. The van der Waals surface area contributed by atoms with Gasteiger partial charge in [-0.05, 0) is 31.8 Å². The highest BCUT2D eigenvalue weighted by Gasteiger charge is 1.99. The van der Waals surface area contributed by atoms with E-state index in [0.29, 0.717) is 12.8 Å². The summed E-state index contributed by atoms with van der Waals surface area (Å²) >= 11 is 0. The number of carboxylic acids is 1. The van der Waals surface area contributed by atoms with Crippen molar-refractivity contribution in [2.75, 3.05) is 0 Å². The molecule has 0 atom stereocenters. The van der Waals surface area contributed by atoms with Gasteiger partial charge in [0, 0.05) is 12.8 Å². The van der Waals surface area contributed by atoms with Crippen LogP contribution in [0.1, 0.15) is 77.6 Å². The maximum absolute atomic E-state index is 11.5. The van der Waals surface area contributed by atoms with Crippen molar-refractivity contribution in [1.82, 2.24) is 0 Å². The first-order valence-electron chi connectivity index (χ1n) is 7.58. The van der Waals surface area contributed by atoms with Gasteiger partial charge >= 0.3 is 5.97 Å². The first-order valence-corrected chi connectivity index (χ1v) is 7.58. The third-order valence-electron chi connectivity index (χ3n) is 3.09. The molecule has 0 aromatic heterocycles. The molecule has 0 saturated heterocycles. The lowest BCUT2D eigenvalue weighted by atomic mass is 10.1. The standard InChI is InChI=1S/C16H28O3/c1-2-3-4-5-6-7-9-12-15(17)13-10-8-11-14-16(18)19/h9,12H,2-8,10-11,13-14H2,1H3,(H,18,19). The minimum atomic E-state index is -0.755. The van der Waals surface area contributed by atoms with Crippen LogP contribution in [0.15, 0.2) is 12.2 Å². The van der Waals surface area contributed by atoms with Crippen molar-refractivity contribution in [2.45, 2.75) is 77.6 Å². The average Bonchev–Trinajstić information content (AvgIpc) is 2.37. The minimum absolute atomic E-state index is 0.170. The molecule has 0 amide bonds. The fourth-order valence-corrected chi connectivity index (χ4v) is 1.92. The lowest BCUT2D eigenvalue weighted by Gasteiger charge is -1.97. The third-order valence-corrected chi connectivity index (χ3v) is 3.09. The van der Waals surface area contributed by atoms with E-state index in [1.807, 2.05) is 6.08 Å². The Morgan fingerprint density at radius 1 is 0.895 bits per heavy atom. The maximum Gasteiger partial charge on any atom is 0.303 e. The van der Waals surface area contributed by atoms with Crippen molar-refractivity contribution >= 4 is 11.8 Å².